The van der Waals surface area contributed by atoms with Crippen molar-refractivity contribution in [1.82, 2.24) is 5.32 Å². The average Bonchev–Trinajstić information content (AvgIpc) is 3.11. The maximum Gasteiger partial charge on any atom is 0.119 e. The van der Waals surface area contributed by atoms with Crippen LogP contribution in [0.2, 0.25) is 0 Å². The Morgan fingerprint density at radius 3 is 2.65 bits per heavy atom. The zero-order chi connectivity index (χ0) is 12.3. The van der Waals surface area contributed by atoms with Crippen LogP contribution in [0.15, 0.2) is 18.2 Å². The van der Waals surface area contributed by atoms with E-state index in [0.717, 1.165) is 24.8 Å². The molecule has 2 heteroatoms. The van der Waals surface area contributed by atoms with Crippen molar-refractivity contribution in [2.75, 3.05) is 7.11 Å². The van der Waals surface area contributed by atoms with Gasteiger partial charge < -0.3 is 10.1 Å². The molecule has 0 saturated heterocycles. The van der Waals surface area contributed by atoms with Gasteiger partial charge in [-0.2, -0.15) is 0 Å². The van der Waals surface area contributed by atoms with Crippen LogP contribution in [0.3, 0.4) is 0 Å². The maximum atomic E-state index is 5.31. The van der Waals surface area contributed by atoms with E-state index in [1.165, 1.54) is 24.0 Å². The molecule has 1 saturated carbocycles. The van der Waals surface area contributed by atoms with E-state index in [1.54, 1.807) is 7.11 Å². The average molecular weight is 233 g/mol. The lowest BCUT2D eigenvalue weighted by Gasteiger charge is -2.14. The summed E-state index contributed by atoms with van der Waals surface area (Å²) in [6.45, 7) is 5.51. The highest BCUT2D eigenvalue weighted by Gasteiger charge is 2.20. The first-order valence-electron chi connectivity index (χ1n) is 6.58. The quantitative estimate of drug-likeness (QED) is 0.815. The number of hydrogen-bond donors (Lipinski definition) is 1. The van der Waals surface area contributed by atoms with Crippen LogP contribution in [0.5, 0.6) is 5.75 Å². The van der Waals surface area contributed by atoms with Crippen molar-refractivity contribution in [3.63, 3.8) is 0 Å². The summed E-state index contributed by atoms with van der Waals surface area (Å²) in [5.74, 6) is 1.66. The minimum Gasteiger partial charge on any atom is -0.497 e. The standard InChI is InChI=1S/C15H23NO/c1-11(2)8-12-4-7-15(17-3)9-13(12)10-16-14-5-6-14/h4,7,9,11,14,16H,5-6,8,10H2,1-3H3. The molecule has 0 heterocycles. The molecule has 1 fully saturated rings. The molecule has 1 aliphatic carbocycles. The Hall–Kier alpha value is -1.02. The van der Waals surface area contributed by atoms with Gasteiger partial charge in [0, 0.05) is 12.6 Å². The SMILES string of the molecule is COc1ccc(CC(C)C)c(CNC2CC2)c1. The molecule has 0 aliphatic heterocycles. The fraction of sp³-hybridized carbons (Fsp3) is 0.600. The maximum absolute atomic E-state index is 5.31. The minimum atomic E-state index is 0.697. The zero-order valence-corrected chi connectivity index (χ0v) is 11.1. The number of nitrogens with one attached hydrogen (secondary N) is 1. The van der Waals surface area contributed by atoms with Gasteiger partial charge in [0.25, 0.3) is 0 Å². The third-order valence-electron chi connectivity index (χ3n) is 3.20. The van der Waals surface area contributed by atoms with E-state index in [-0.39, 0.29) is 0 Å². The van der Waals surface area contributed by atoms with Crippen molar-refractivity contribution in [3.05, 3.63) is 29.3 Å². The molecular formula is C15H23NO. The molecule has 0 spiro atoms. The smallest absolute Gasteiger partial charge is 0.119 e. The normalized spacial score (nSPS) is 15.3. The van der Waals surface area contributed by atoms with Crippen molar-refractivity contribution in [2.45, 2.75) is 45.7 Å². The van der Waals surface area contributed by atoms with Crippen LogP contribution in [0.25, 0.3) is 0 Å². The van der Waals surface area contributed by atoms with E-state index in [0.29, 0.717) is 5.92 Å². The van der Waals surface area contributed by atoms with Crippen molar-refractivity contribution in [2.24, 2.45) is 5.92 Å². The highest BCUT2D eigenvalue weighted by atomic mass is 16.5. The second-order valence-corrected chi connectivity index (χ2v) is 5.39. The lowest BCUT2D eigenvalue weighted by Crippen LogP contribution is -2.17. The summed E-state index contributed by atoms with van der Waals surface area (Å²) < 4.78 is 5.31. The molecule has 1 N–H and O–H groups in total. The van der Waals surface area contributed by atoms with E-state index in [2.05, 4.69) is 37.4 Å². The Bertz CT molecular complexity index is 369. The predicted molar refractivity (Wildman–Crippen MR) is 71.4 cm³/mol. The fourth-order valence-electron chi connectivity index (χ4n) is 2.07. The Morgan fingerprint density at radius 2 is 2.06 bits per heavy atom. The Kier molecular flexibility index (Phi) is 4.06. The minimum absolute atomic E-state index is 0.697. The summed E-state index contributed by atoms with van der Waals surface area (Å²) >= 11 is 0. The molecule has 2 rings (SSSR count). The number of ether oxygens (including phenoxy) is 1. The summed E-state index contributed by atoms with van der Waals surface area (Å²) in [7, 11) is 1.73. The third-order valence-corrected chi connectivity index (χ3v) is 3.20. The summed E-state index contributed by atoms with van der Waals surface area (Å²) in [4.78, 5) is 0. The van der Waals surface area contributed by atoms with E-state index in [1.807, 2.05) is 0 Å². The lowest BCUT2D eigenvalue weighted by molar-refractivity contribution is 0.413. The molecular weight excluding hydrogens is 210 g/mol. The van der Waals surface area contributed by atoms with E-state index >= 15 is 0 Å². The molecule has 0 aromatic heterocycles. The van der Waals surface area contributed by atoms with Gasteiger partial charge >= 0.3 is 0 Å². The van der Waals surface area contributed by atoms with Crippen LogP contribution in [-0.4, -0.2) is 13.2 Å². The Labute approximate surface area is 104 Å². The summed E-state index contributed by atoms with van der Waals surface area (Å²) in [5, 5.41) is 3.58. The molecule has 0 amide bonds. The second kappa shape index (κ2) is 5.54. The van der Waals surface area contributed by atoms with Gasteiger partial charge in [-0.25, -0.2) is 0 Å². The molecule has 0 atom stereocenters. The van der Waals surface area contributed by atoms with E-state index in [4.69, 9.17) is 4.74 Å². The molecule has 0 radical (unpaired) electrons. The van der Waals surface area contributed by atoms with Gasteiger partial charge in [-0.3, -0.25) is 0 Å². The highest BCUT2D eigenvalue weighted by molar-refractivity contribution is 5.36. The van der Waals surface area contributed by atoms with Crippen molar-refractivity contribution in [3.8, 4) is 5.75 Å². The molecule has 94 valence electrons. The van der Waals surface area contributed by atoms with Crippen molar-refractivity contribution >= 4 is 0 Å². The van der Waals surface area contributed by atoms with Gasteiger partial charge in [-0.05, 0) is 48.4 Å². The number of methoxy groups -OCH3 is 1. The molecule has 1 aliphatic rings. The number of rotatable bonds is 6. The fourth-order valence-corrected chi connectivity index (χ4v) is 2.07. The second-order valence-electron chi connectivity index (χ2n) is 5.39. The first-order chi connectivity index (χ1) is 8.19. The van der Waals surface area contributed by atoms with E-state index in [9.17, 15) is 0 Å². The summed E-state index contributed by atoms with van der Waals surface area (Å²) in [5.41, 5.74) is 2.85. The topological polar surface area (TPSA) is 21.3 Å². The molecule has 2 nitrogen and oxygen atoms in total. The third kappa shape index (κ3) is 3.74. The van der Waals surface area contributed by atoms with Gasteiger partial charge in [-0.15, -0.1) is 0 Å². The van der Waals surface area contributed by atoms with Gasteiger partial charge in [0.15, 0.2) is 0 Å². The molecule has 17 heavy (non-hydrogen) atoms. The first-order valence-corrected chi connectivity index (χ1v) is 6.58. The summed E-state index contributed by atoms with van der Waals surface area (Å²) in [6, 6.07) is 7.21. The van der Waals surface area contributed by atoms with Gasteiger partial charge in [-0.1, -0.05) is 19.9 Å². The van der Waals surface area contributed by atoms with Gasteiger partial charge in [0.2, 0.25) is 0 Å². The predicted octanol–water partition coefficient (Wildman–Crippen LogP) is 3.15. The number of hydrogen-bond acceptors (Lipinski definition) is 2. The largest absolute Gasteiger partial charge is 0.497 e. The first kappa shape index (κ1) is 12.4. The molecule has 1 aromatic rings. The van der Waals surface area contributed by atoms with Gasteiger partial charge in [0.05, 0.1) is 7.11 Å². The van der Waals surface area contributed by atoms with Crippen LogP contribution < -0.4 is 10.1 Å². The highest BCUT2D eigenvalue weighted by Crippen LogP contribution is 2.23. The van der Waals surface area contributed by atoms with Crippen LogP contribution in [0.1, 0.15) is 37.8 Å². The monoisotopic (exact) mass is 233 g/mol. The molecule has 0 unspecified atom stereocenters. The molecule has 0 bridgehead atoms. The number of benzene rings is 1. The lowest BCUT2D eigenvalue weighted by atomic mass is 9.97. The van der Waals surface area contributed by atoms with Crippen molar-refractivity contribution in [1.29, 1.82) is 0 Å². The van der Waals surface area contributed by atoms with Gasteiger partial charge in [0.1, 0.15) is 5.75 Å². The zero-order valence-electron chi connectivity index (χ0n) is 11.1. The van der Waals surface area contributed by atoms with Crippen LogP contribution in [-0.2, 0) is 13.0 Å². The summed E-state index contributed by atoms with van der Waals surface area (Å²) in [6.07, 6.45) is 3.82. The van der Waals surface area contributed by atoms with Crippen LogP contribution in [0.4, 0.5) is 0 Å². The van der Waals surface area contributed by atoms with Crippen molar-refractivity contribution < 1.29 is 4.74 Å². The Morgan fingerprint density at radius 1 is 1.29 bits per heavy atom. The Balaban J connectivity index is 2.10. The van der Waals surface area contributed by atoms with Crippen LogP contribution in [0, 0.1) is 5.92 Å². The van der Waals surface area contributed by atoms with E-state index < -0.39 is 0 Å². The molecule has 1 aromatic carbocycles. The van der Waals surface area contributed by atoms with Crippen LogP contribution >= 0.6 is 0 Å².